The van der Waals surface area contributed by atoms with Gasteiger partial charge in [-0.15, -0.1) is 0 Å². The number of unbranched alkanes of at least 4 members (excludes halogenated alkanes) is 1. The van der Waals surface area contributed by atoms with Crippen LogP contribution in [0, 0.1) is 0 Å². The monoisotopic (exact) mass is 223 g/mol. The zero-order chi connectivity index (χ0) is 11.3. The number of thiocarbonyl (C=S) groups is 1. The maximum absolute atomic E-state index is 5.53. The van der Waals surface area contributed by atoms with Crippen molar-refractivity contribution in [3.63, 3.8) is 0 Å². The highest BCUT2D eigenvalue weighted by Gasteiger charge is 2.03. The van der Waals surface area contributed by atoms with E-state index < -0.39 is 0 Å². The van der Waals surface area contributed by atoms with E-state index in [-0.39, 0.29) is 0 Å². The van der Waals surface area contributed by atoms with Gasteiger partial charge in [-0.3, -0.25) is 4.98 Å². The van der Waals surface area contributed by atoms with Crippen molar-refractivity contribution in [1.82, 2.24) is 4.98 Å². The highest BCUT2D eigenvalue weighted by Crippen LogP contribution is 2.13. The smallest absolute Gasteiger partial charge is 0.122 e. The lowest BCUT2D eigenvalue weighted by Crippen LogP contribution is -2.19. The predicted octanol–water partition coefficient (Wildman–Crippen LogP) is 1.95. The quantitative estimate of drug-likeness (QED) is 0.775. The second-order valence-corrected chi connectivity index (χ2v) is 3.98. The molecular weight excluding hydrogens is 206 g/mol. The lowest BCUT2D eigenvalue weighted by atomic mass is 10.2. The van der Waals surface area contributed by atoms with Crippen molar-refractivity contribution < 1.29 is 0 Å². The Bertz CT molecular complexity index is 338. The topological polar surface area (TPSA) is 42.2 Å². The molecule has 0 spiro atoms. The number of nitrogens with zero attached hydrogens (tertiary/aromatic N) is 2. The zero-order valence-corrected chi connectivity index (χ0v) is 10.0. The molecule has 3 nitrogen and oxygen atoms in total. The fraction of sp³-hybridized carbons (Fsp3) is 0.455. The highest BCUT2D eigenvalue weighted by atomic mass is 32.1. The van der Waals surface area contributed by atoms with Crippen molar-refractivity contribution in [1.29, 1.82) is 0 Å². The fourth-order valence-electron chi connectivity index (χ4n) is 1.32. The van der Waals surface area contributed by atoms with Gasteiger partial charge in [-0.1, -0.05) is 25.6 Å². The highest BCUT2D eigenvalue weighted by molar-refractivity contribution is 7.80. The third kappa shape index (κ3) is 3.47. The normalized spacial score (nSPS) is 10.0. The Hall–Kier alpha value is -1.16. The number of hydrogen-bond acceptors (Lipinski definition) is 3. The molecule has 2 N–H and O–H groups in total. The number of aromatic nitrogens is 1. The van der Waals surface area contributed by atoms with Crippen molar-refractivity contribution >= 4 is 22.9 Å². The summed E-state index contributed by atoms with van der Waals surface area (Å²) in [5.74, 6) is 0. The van der Waals surface area contributed by atoms with Gasteiger partial charge in [0.2, 0.25) is 0 Å². The maximum Gasteiger partial charge on any atom is 0.122 e. The Morgan fingerprint density at radius 1 is 1.60 bits per heavy atom. The van der Waals surface area contributed by atoms with Gasteiger partial charge in [-0.25, -0.2) is 0 Å². The minimum absolute atomic E-state index is 0.348. The van der Waals surface area contributed by atoms with Crippen LogP contribution in [0.2, 0.25) is 0 Å². The molecule has 15 heavy (non-hydrogen) atoms. The summed E-state index contributed by atoms with van der Waals surface area (Å²) in [6, 6.07) is 3.90. The molecule has 0 aliphatic rings. The molecule has 0 aromatic carbocycles. The van der Waals surface area contributed by atoms with Gasteiger partial charge in [0.15, 0.2) is 0 Å². The van der Waals surface area contributed by atoms with Crippen LogP contribution < -0.4 is 10.6 Å². The number of hydrogen-bond donors (Lipinski definition) is 1. The van der Waals surface area contributed by atoms with Crippen LogP contribution in [0.25, 0.3) is 0 Å². The Kier molecular flexibility index (Phi) is 4.49. The third-order valence-corrected chi connectivity index (χ3v) is 2.49. The molecule has 0 bridgehead atoms. The molecule has 0 aliphatic carbocycles. The van der Waals surface area contributed by atoms with Gasteiger partial charge < -0.3 is 10.6 Å². The van der Waals surface area contributed by atoms with Gasteiger partial charge in [0.1, 0.15) is 4.99 Å². The minimum Gasteiger partial charge on any atom is -0.388 e. The summed E-state index contributed by atoms with van der Waals surface area (Å²) in [6.07, 6.45) is 4.12. The molecule has 1 heterocycles. The van der Waals surface area contributed by atoms with Crippen molar-refractivity contribution in [2.75, 3.05) is 18.5 Å². The van der Waals surface area contributed by atoms with E-state index in [1.165, 1.54) is 12.8 Å². The molecule has 1 aromatic rings. The molecule has 0 atom stereocenters. The van der Waals surface area contributed by atoms with E-state index in [0.29, 0.717) is 10.7 Å². The molecule has 0 aliphatic heterocycles. The van der Waals surface area contributed by atoms with E-state index in [0.717, 1.165) is 12.2 Å². The molecule has 0 fully saturated rings. The van der Waals surface area contributed by atoms with Crippen LogP contribution in [-0.2, 0) is 0 Å². The standard InChI is InChI=1S/C11H17N3S/c1-3-4-7-14(2)9-5-6-13-10(8-9)11(12)15/h5-6,8H,3-4,7H2,1-2H3,(H2,12,15). The average molecular weight is 223 g/mol. The van der Waals surface area contributed by atoms with Gasteiger partial charge in [-0.05, 0) is 18.6 Å². The molecular formula is C11H17N3S. The van der Waals surface area contributed by atoms with Crippen LogP contribution in [0.15, 0.2) is 18.3 Å². The molecule has 0 unspecified atom stereocenters. The van der Waals surface area contributed by atoms with Crippen LogP contribution in [0.3, 0.4) is 0 Å². The average Bonchev–Trinajstić information content (AvgIpc) is 2.26. The summed E-state index contributed by atoms with van der Waals surface area (Å²) < 4.78 is 0. The predicted molar refractivity (Wildman–Crippen MR) is 68.3 cm³/mol. The van der Waals surface area contributed by atoms with Crippen LogP contribution in [-0.4, -0.2) is 23.6 Å². The maximum atomic E-state index is 5.53. The molecule has 0 saturated carbocycles. The van der Waals surface area contributed by atoms with Crippen LogP contribution in [0.5, 0.6) is 0 Å². The first-order valence-electron chi connectivity index (χ1n) is 5.12. The number of anilines is 1. The molecule has 4 heteroatoms. The molecule has 1 aromatic heterocycles. The van der Waals surface area contributed by atoms with Crippen molar-refractivity contribution in [3.05, 3.63) is 24.0 Å². The van der Waals surface area contributed by atoms with Crippen LogP contribution in [0.1, 0.15) is 25.5 Å². The first-order chi connectivity index (χ1) is 7.15. The van der Waals surface area contributed by atoms with E-state index in [2.05, 4.69) is 23.9 Å². The Balaban J connectivity index is 2.76. The lowest BCUT2D eigenvalue weighted by molar-refractivity contribution is 0.766. The summed E-state index contributed by atoms with van der Waals surface area (Å²) in [6.45, 7) is 3.22. The van der Waals surface area contributed by atoms with E-state index in [9.17, 15) is 0 Å². The molecule has 0 radical (unpaired) electrons. The van der Waals surface area contributed by atoms with Gasteiger partial charge in [0.25, 0.3) is 0 Å². The van der Waals surface area contributed by atoms with E-state index in [1.807, 2.05) is 12.1 Å². The number of pyridine rings is 1. The lowest BCUT2D eigenvalue weighted by Gasteiger charge is -2.19. The second kappa shape index (κ2) is 5.66. The van der Waals surface area contributed by atoms with Gasteiger partial charge >= 0.3 is 0 Å². The van der Waals surface area contributed by atoms with Crippen LogP contribution >= 0.6 is 12.2 Å². The summed E-state index contributed by atoms with van der Waals surface area (Å²) >= 11 is 4.89. The van der Waals surface area contributed by atoms with E-state index in [4.69, 9.17) is 18.0 Å². The Labute approximate surface area is 96.3 Å². The molecule has 82 valence electrons. The van der Waals surface area contributed by atoms with Gasteiger partial charge in [0, 0.05) is 25.5 Å². The van der Waals surface area contributed by atoms with Crippen molar-refractivity contribution in [2.45, 2.75) is 19.8 Å². The fourth-order valence-corrected chi connectivity index (χ4v) is 1.43. The molecule has 0 amide bonds. The minimum atomic E-state index is 0.348. The van der Waals surface area contributed by atoms with Gasteiger partial charge in [0.05, 0.1) is 5.69 Å². The second-order valence-electron chi connectivity index (χ2n) is 3.54. The SMILES string of the molecule is CCCCN(C)c1ccnc(C(N)=S)c1. The number of rotatable bonds is 5. The summed E-state index contributed by atoms with van der Waals surface area (Å²) in [5.41, 5.74) is 7.33. The van der Waals surface area contributed by atoms with Gasteiger partial charge in [-0.2, -0.15) is 0 Å². The summed E-state index contributed by atoms with van der Waals surface area (Å²) in [4.78, 5) is 6.64. The van der Waals surface area contributed by atoms with E-state index >= 15 is 0 Å². The van der Waals surface area contributed by atoms with Crippen LogP contribution in [0.4, 0.5) is 5.69 Å². The largest absolute Gasteiger partial charge is 0.388 e. The first kappa shape index (κ1) is 11.9. The molecule has 1 rings (SSSR count). The summed E-state index contributed by atoms with van der Waals surface area (Å²) in [7, 11) is 2.06. The Morgan fingerprint density at radius 2 is 2.33 bits per heavy atom. The first-order valence-corrected chi connectivity index (χ1v) is 5.53. The summed E-state index contributed by atoms with van der Waals surface area (Å²) in [5, 5.41) is 0. The number of nitrogens with two attached hydrogens (primary N) is 1. The van der Waals surface area contributed by atoms with Crippen molar-refractivity contribution in [3.8, 4) is 0 Å². The third-order valence-electron chi connectivity index (χ3n) is 2.28. The van der Waals surface area contributed by atoms with Crippen molar-refractivity contribution in [2.24, 2.45) is 5.73 Å². The Morgan fingerprint density at radius 3 is 2.93 bits per heavy atom. The molecule has 0 saturated heterocycles. The zero-order valence-electron chi connectivity index (χ0n) is 9.23. The van der Waals surface area contributed by atoms with E-state index in [1.54, 1.807) is 6.20 Å².